The number of aliphatic hydroxyl groups is 1. The molecule has 0 saturated carbocycles. The van der Waals surface area contributed by atoms with Crippen molar-refractivity contribution in [3.8, 4) is 0 Å². The molecule has 1 atom stereocenters. The van der Waals surface area contributed by atoms with Crippen molar-refractivity contribution in [2.75, 3.05) is 0 Å². The molecule has 0 radical (unpaired) electrons. The summed E-state index contributed by atoms with van der Waals surface area (Å²) < 4.78 is 28.0. The summed E-state index contributed by atoms with van der Waals surface area (Å²) in [4.78, 5) is 1.60. The van der Waals surface area contributed by atoms with Crippen LogP contribution in [-0.2, 0) is 5.41 Å². The molecule has 0 saturated heterocycles. The average molecular weight is 361 g/mol. The van der Waals surface area contributed by atoms with E-state index >= 15 is 0 Å². The van der Waals surface area contributed by atoms with Crippen LogP contribution in [0.5, 0.6) is 0 Å². The SMILES string of the molecule is CC(C)(C)c1ccc(C(O)c2c(F)cc(Br)cc2F)s1. The quantitative estimate of drug-likeness (QED) is 0.783. The molecule has 20 heavy (non-hydrogen) atoms. The molecule has 0 aliphatic rings. The van der Waals surface area contributed by atoms with E-state index in [1.54, 1.807) is 6.07 Å². The summed E-state index contributed by atoms with van der Waals surface area (Å²) >= 11 is 4.39. The second-order valence-electron chi connectivity index (χ2n) is 5.64. The van der Waals surface area contributed by atoms with E-state index in [1.165, 1.54) is 11.3 Å². The number of hydrogen-bond donors (Lipinski definition) is 1. The Labute approximate surface area is 129 Å². The van der Waals surface area contributed by atoms with Gasteiger partial charge in [-0.25, -0.2) is 8.78 Å². The first kappa shape index (κ1) is 15.6. The van der Waals surface area contributed by atoms with E-state index in [1.807, 2.05) is 6.07 Å². The first-order valence-electron chi connectivity index (χ1n) is 6.13. The van der Waals surface area contributed by atoms with Gasteiger partial charge in [0.05, 0.1) is 5.56 Å². The molecule has 0 spiro atoms. The van der Waals surface area contributed by atoms with Gasteiger partial charge in [-0.3, -0.25) is 0 Å². The molecule has 1 aromatic carbocycles. The van der Waals surface area contributed by atoms with Crippen LogP contribution in [0.25, 0.3) is 0 Å². The first-order chi connectivity index (χ1) is 9.20. The van der Waals surface area contributed by atoms with E-state index in [0.717, 1.165) is 17.0 Å². The third-order valence-corrected chi connectivity index (χ3v) is 4.97. The Kier molecular flexibility index (Phi) is 4.33. The number of benzene rings is 1. The molecule has 0 aliphatic carbocycles. The topological polar surface area (TPSA) is 20.2 Å². The van der Waals surface area contributed by atoms with Crippen LogP contribution in [0.1, 0.15) is 42.2 Å². The van der Waals surface area contributed by atoms with E-state index in [-0.39, 0.29) is 11.0 Å². The van der Waals surface area contributed by atoms with Crippen LogP contribution in [0.2, 0.25) is 0 Å². The van der Waals surface area contributed by atoms with Gasteiger partial charge in [-0.15, -0.1) is 11.3 Å². The molecular formula is C15H15BrF2OS. The third kappa shape index (κ3) is 3.10. The minimum atomic E-state index is -1.29. The van der Waals surface area contributed by atoms with Gasteiger partial charge in [0.2, 0.25) is 0 Å². The van der Waals surface area contributed by atoms with Crippen molar-refractivity contribution < 1.29 is 13.9 Å². The molecule has 0 bridgehead atoms. The zero-order valence-corrected chi connectivity index (χ0v) is 13.8. The van der Waals surface area contributed by atoms with Gasteiger partial charge < -0.3 is 5.11 Å². The number of thiophene rings is 1. The number of hydrogen-bond acceptors (Lipinski definition) is 2. The second-order valence-corrected chi connectivity index (χ2v) is 7.67. The molecule has 0 fully saturated rings. The Bertz CT molecular complexity index is 608. The maximum atomic E-state index is 13.9. The van der Waals surface area contributed by atoms with Gasteiger partial charge in [0.25, 0.3) is 0 Å². The summed E-state index contributed by atoms with van der Waals surface area (Å²) in [6.45, 7) is 6.15. The van der Waals surface area contributed by atoms with Crippen LogP contribution in [-0.4, -0.2) is 5.11 Å². The fourth-order valence-electron chi connectivity index (χ4n) is 1.86. The van der Waals surface area contributed by atoms with Gasteiger partial charge >= 0.3 is 0 Å². The van der Waals surface area contributed by atoms with Crippen molar-refractivity contribution in [3.63, 3.8) is 0 Å². The normalized spacial score (nSPS) is 13.6. The molecule has 0 aliphatic heterocycles. The number of rotatable bonds is 2. The zero-order chi connectivity index (χ0) is 15.1. The summed E-state index contributed by atoms with van der Waals surface area (Å²) in [5.41, 5.74) is -0.366. The van der Waals surface area contributed by atoms with E-state index < -0.39 is 17.7 Å². The van der Waals surface area contributed by atoms with Crippen LogP contribution in [0, 0.1) is 11.6 Å². The highest BCUT2D eigenvalue weighted by Crippen LogP contribution is 2.36. The molecule has 1 heterocycles. The van der Waals surface area contributed by atoms with Gasteiger partial charge in [0.15, 0.2) is 0 Å². The van der Waals surface area contributed by atoms with E-state index in [0.29, 0.717) is 9.35 Å². The highest BCUT2D eigenvalue weighted by atomic mass is 79.9. The molecule has 2 aromatic rings. The molecule has 1 nitrogen and oxygen atoms in total. The molecular weight excluding hydrogens is 346 g/mol. The lowest BCUT2D eigenvalue weighted by Gasteiger charge is -2.16. The van der Waals surface area contributed by atoms with Crippen molar-refractivity contribution in [2.24, 2.45) is 0 Å². The van der Waals surface area contributed by atoms with Crippen LogP contribution in [0.3, 0.4) is 0 Å². The molecule has 1 N–H and O–H groups in total. The van der Waals surface area contributed by atoms with E-state index in [2.05, 4.69) is 36.7 Å². The van der Waals surface area contributed by atoms with E-state index in [9.17, 15) is 13.9 Å². The van der Waals surface area contributed by atoms with Crippen LogP contribution in [0.15, 0.2) is 28.7 Å². The molecule has 5 heteroatoms. The molecule has 1 unspecified atom stereocenters. The summed E-state index contributed by atoms with van der Waals surface area (Å²) in [5.74, 6) is -1.51. The number of aliphatic hydroxyl groups excluding tert-OH is 1. The van der Waals surface area contributed by atoms with Crippen molar-refractivity contribution in [1.82, 2.24) is 0 Å². The molecule has 108 valence electrons. The molecule has 1 aromatic heterocycles. The monoisotopic (exact) mass is 360 g/mol. The summed E-state index contributed by atoms with van der Waals surface area (Å²) in [6.07, 6.45) is -1.29. The minimum absolute atomic E-state index is 0.0561. The van der Waals surface area contributed by atoms with Gasteiger partial charge in [-0.2, -0.15) is 0 Å². The lowest BCUT2D eigenvalue weighted by atomic mass is 9.95. The smallest absolute Gasteiger partial charge is 0.133 e. The Morgan fingerprint density at radius 3 is 2.15 bits per heavy atom. The van der Waals surface area contributed by atoms with Crippen LogP contribution < -0.4 is 0 Å². The van der Waals surface area contributed by atoms with Crippen molar-refractivity contribution in [1.29, 1.82) is 0 Å². The lowest BCUT2D eigenvalue weighted by molar-refractivity contribution is 0.212. The van der Waals surface area contributed by atoms with Crippen LogP contribution >= 0.6 is 27.3 Å². The maximum Gasteiger partial charge on any atom is 0.133 e. The van der Waals surface area contributed by atoms with Crippen molar-refractivity contribution >= 4 is 27.3 Å². The molecule has 2 rings (SSSR count). The summed E-state index contributed by atoms with van der Waals surface area (Å²) in [7, 11) is 0. The Hall–Kier alpha value is -0.780. The fraction of sp³-hybridized carbons (Fsp3) is 0.333. The van der Waals surface area contributed by atoms with Gasteiger partial charge in [-0.05, 0) is 29.7 Å². The molecule has 0 amide bonds. The highest BCUT2D eigenvalue weighted by Gasteiger charge is 2.24. The fourth-order valence-corrected chi connectivity index (χ4v) is 3.32. The zero-order valence-electron chi connectivity index (χ0n) is 11.4. The Balaban J connectivity index is 2.42. The van der Waals surface area contributed by atoms with Crippen molar-refractivity contribution in [3.05, 3.63) is 55.7 Å². The van der Waals surface area contributed by atoms with Gasteiger partial charge in [-0.1, -0.05) is 36.7 Å². The Morgan fingerprint density at radius 1 is 1.15 bits per heavy atom. The van der Waals surface area contributed by atoms with Gasteiger partial charge in [0, 0.05) is 14.2 Å². The number of halogens is 3. The summed E-state index contributed by atoms with van der Waals surface area (Å²) in [6, 6.07) is 5.91. The highest BCUT2D eigenvalue weighted by molar-refractivity contribution is 9.10. The second kappa shape index (κ2) is 5.54. The average Bonchev–Trinajstić information content (AvgIpc) is 2.75. The van der Waals surface area contributed by atoms with E-state index in [4.69, 9.17) is 0 Å². The van der Waals surface area contributed by atoms with Crippen molar-refractivity contribution in [2.45, 2.75) is 32.3 Å². The standard InChI is InChI=1S/C15H15BrF2OS/c1-15(2,3)12-5-4-11(20-12)14(19)13-9(17)6-8(16)7-10(13)18/h4-7,14,19H,1-3H3. The van der Waals surface area contributed by atoms with Gasteiger partial charge in [0.1, 0.15) is 17.7 Å². The third-order valence-electron chi connectivity index (χ3n) is 2.95. The lowest BCUT2D eigenvalue weighted by Crippen LogP contribution is -2.08. The predicted octanol–water partition coefficient (Wildman–Crippen LogP) is 5.17. The summed E-state index contributed by atoms with van der Waals surface area (Å²) in [5, 5.41) is 10.2. The Morgan fingerprint density at radius 2 is 1.70 bits per heavy atom. The largest absolute Gasteiger partial charge is 0.383 e. The predicted molar refractivity (Wildman–Crippen MR) is 81.1 cm³/mol. The minimum Gasteiger partial charge on any atom is -0.383 e. The maximum absolute atomic E-state index is 13.9. The van der Waals surface area contributed by atoms with Crippen LogP contribution in [0.4, 0.5) is 8.78 Å². The first-order valence-corrected chi connectivity index (χ1v) is 7.74.